The van der Waals surface area contributed by atoms with Crippen molar-refractivity contribution >= 4 is 22.7 Å². The molecule has 3 aromatic rings. The summed E-state index contributed by atoms with van der Waals surface area (Å²) in [5, 5.41) is 2.78. The Kier molecular flexibility index (Phi) is 4.47. The summed E-state index contributed by atoms with van der Waals surface area (Å²) in [6, 6.07) is 16.7. The summed E-state index contributed by atoms with van der Waals surface area (Å²) in [5.41, 5.74) is 2.45. The molecular weight excluding hydrogens is 290 g/mol. The number of hydrogen-bond acceptors (Lipinski definition) is 3. The van der Waals surface area contributed by atoms with Gasteiger partial charge < -0.3 is 10.3 Å². The average Bonchev–Trinajstić information content (AvgIpc) is 3.01. The van der Waals surface area contributed by atoms with Crippen LogP contribution in [0.2, 0.25) is 0 Å². The molecule has 0 spiro atoms. The van der Waals surface area contributed by atoms with E-state index in [1.165, 1.54) is 0 Å². The number of nitrogens with one attached hydrogen (secondary N) is 2. The van der Waals surface area contributed by atoms with Crippen LogP contribution in [0.4, 0.5) is 0 Å². The number of para-hydroxylation sites is 2. The third-order valence-electron chi connectivity index (χ3n) is 3.57. The predicted molar refractivity (Wildman–Crippen MR) is 87.9 cm³/mol. The molecule has 0 saturated heterocycles. The number of H-pyrrole nitrogens is 1. The highest BCUT2D eigenvalue weighted by Crippen LogP contribution is 2.10. The molecular formula is C18H17N3O2. The van der Waals surface area contributed by atoms with E-state index >= 15 is 0 Å². The van der Waals surface area contributed by atoms with Crippen LogP contribution < -0.4 is 5.32 Å². The molecule has 1 heterocycles. The van der Waals surface area contributed by atoms with Gasteiger partial charge in [-0.05, 0) is 12.1 Å². The van der Waals surface area contributed by atoms with Crippen molar-refractivity contribution in [3.63, 3.8) is 0 Å². The monoisotopic (exact) mass is 307 g/mol. The zero-order valence-corrected chi connectivity index (χ0v) is 12.6. The van der Waals surface area contributed by atoms with E-state index in [1.54, 1.807) is 12.1 Å². The van der Waals surface area contributed by atoms with Crippen molar-refractivity contribution in [3.8, 4) is 0 Å². The van der Waals surface area contributed by atoms with Gasteiger partial charge in [-0.1, -0.05) is 42.5 Å². The van der Waals surface area contributed by atoms with E-state index in [2.05, 4.69) is 15.3 Å². The zero-order chi connectivity index (χ0) is 16.1. The maximum absolute atomic E-state index is 11.9. The fourth-order valence-electron chi connectivity index (χ4n) is 2.36. The smallest absolute Gasteiger partial charge is 0.220 e. The van der Waals surface area contributed by atoms with Gasteiger partial charge in [-0.25, -0.2) is 4.98 Å². The molecule has 3 rings (SSSR count). The van der Waals surface area contributed by atoms with Crippen LogP contribution in [-0.2, 0) is 11.3 Å². The van der Waals surface area contributed by atoms with E-state index in [-0.39, 0.29) is 24.5 Å². The van der Waals surface area contributed by atoms with E-state index in [1.807, 2.05) is 42.5 Å². The first-order chi connectivity index (χ1) is 11.2. The third kappa shape index (κ3) is 3.83. The largest absolute Gasteiger partial charge is 0.349 e. The standard InChI is InChI=1S/C18H17N3O2/c22-16(13-6-2-1-3-7-13)10-11-18(23)19-12-17-20-14-8-4-5-9-15(14)21-17/h1-9H,10-12H2,(H,19,23)(H,20,21). The lowest BCUT2D eigenvalue weighted by atomic mass is 10.1. The summed E-state index contributed by atoms with van der Waals surface area (Å²) in [7, 11) is 0. The van der Waals surface area contributed by atoms with Crippen molar-refractivity contribution in [2.75, 3.05) is 0 Å². The number of fused-ring (bicyclic) bond motifs is 1. The predicted octanol–water partition coefficient (Wildman–Crippen LogP) is 2.84. The summed E-state index contributed by atoms with van der Waals surface area (Å²) in [6.45, 7) is 0.326. The summed E-state index contributed by atoms with van der Waals surface area (Å²) < 4.78 is 0. The number of nitrogens with zero attached hydrogens (tertiary/aromatic N) is 1. The van der Waals surface area contributed by atoms with Crippen molar-refractivity contribution in [1.82, 2.24) is 15.3 Å². The Hall–Kier alpha value is -2.95. The number of aromatic nitrogens is 2. The molecule has 0 aliphatic rings. The second-order valence-electron chi connectivity index (χ2n) is 5.27. The molecule has 2 N–H and O–H groups in total. The van der Waals surface area contributed by atoms with Crippen LogP contribution in [-0.4, -0.2) is 21.7 Å². The topological polar surface area (TPSA) is 74.8 Å². The number of amides is 1. The Morgan fingerprint density at radius 3 is 2.48 bits per heavy atom. The Morgan fingerprint density at radius 1 is 0.957 bits per heavy atom. The Morgan fingerprint density at radius 2 is 1.70 bits per heavy atom. The molecule has 1 amide bonds. The minimum absolute atomic E-state index is 0.0236. The summed E-state index contributed by atoms with van der Waals surface area (Å²) in [6.07, 6.45) is 0.379. The second kappa shape index (κ2) is 6.87. The number of hydrogen-bond donors (Lipinski definition) is 2. The van der Waals surface area contributed by atoms with Crippen molar-refractivity contribution in [2.45, 2.75) is 19.4 Å². The van der Waals surface area contributed by atoms with Crippen LogP contribution in [0.15, 0.2) is 54.6 Å². The van der Waals surface area contributed by atoms with Gasteiger partial charge in [0.05, 0.1) is 17.6 Å². The summed E-state index contributed by atoms with van der Waals surface area (Å²) in [5.74, 6) is 0.521. The number of benzene rings is 2. The van der Waals surface area contributed by atoms with Gasteiger partial charge in [0.2, 0.25) is 5.91 Å². The lowest BCUT2D eigenvalue weighted by Gasteiger charge is -2.03. The summed E-state index contributed by atoms with van der Waals surface area (Å²) >= 11 is 0. The molecule has 2 aromatic carbocycles. The molecule has 0 unspecified atom stereocenters. The van der Waals surface area contributed by atoms with Gasteiger partial charge in [0, 0.05) is 18.4 Å². The van der Waals surface area contributed by atoms with Crippen molar-refractivity contribution < 1.29 is 9.59 Å². The van der Waals surface area contributed by atoms with Gasteiger partial charge in [0.15, 0.2) is 5.78 Å². The highest BCUT2D eigenvalue weighted by molar-refractivity contribution is 5.97. The Balaban J connectivity index is 1.49. The molecule has 23 heavy (non-hydrogen) atoms. The van der Waals surface area contributed by atoms with Crippen LogP contribution in [0, 0.1) is 0 Å². The Labute approximate surface area is 133 Å². The van der Waals surface area contributed by atoms with E-state index < -0.39 is 0 Å². The maximum Gasteiger partial charge on any atom is 0.220 e. The lowest BCUT2D eigenvalue weighted by Crippen LogP contribution is -2.23. The zero-order valence-electron chi connectivity index (χ0n) is 12.6. The minimum Gasteiger partial charge on any atom is -0.349 e. The fourth-order valence-corrected chi connectivity index (χ4v) is 2.36. The number of imidazole rings is 1. The molecule has 116 valence electrons. The molecule has 0 aliphatic carbocycles. The van der Waals surface area contributed by atoms with Gasteiger partial charge in [-0.15, -0.1) is 0 Å². The van der Waals surface area contributed by atoms with Gasteiger partial charge in [0.25, 0.3) is 0 Å². The van der Waals surface area contributed by atoms with Gasteiger partial charge in [-0.2, -0.15) is 0 Å². The maximum atomic E-state index is 11.9. The highest BCUT2D eigenvalue weighted by Gasteiger charge is 2.09. The molecule has 5 nitrogen and oxygen atoms in total. The highest BCUT2D eigenvalue weighted by atomic mass is 16.2. The first-order valence-electron chi connectivity index (χ1n) is 7.51. The molecule has 1 aromatic heterocycles. The lowest BCUT2D eigenvalue weighted by molar-refractivity contribution is -0.121. The molecule has 0 bridgehead atoms. The van der Waals surface area contributed by atoms with Crippen molar-refractivity contribution in [1.29, 1.82) is 0 Å². The van der Waals surface area contributed by atoms with Crippen molar-refractivity contribution in [3.05, 3.63) is 66.0 Å². The minimum atomic E-state index is -0.158. The number of ketones is 1. The first-order valence-corrected chi connectivity index (χ1v) is 7.51. The second-order valence-corrected chi connectivity index (χ2v) is 5.27. The Bertz CT molecular complexity index is 791. The van der Waals surface area contributed by atoms with E-state index in [9.17, 15) is 9.59 Å². The SMILES string of the molecule is O=C(CCC(=O)c1ccccc1)NCc1nc2ccccc2[nH]1. The number of carbonyl (C=O) groups is 2. The van der Waals surface area contributed by atoms with E-state index in [4.69, 9.17) is 0 Å². The van der Waals surface area contributed by atoms with E-state index in [0.29, 0.717) is 17.9 Å². The van der Waals surface area contributed by atoms with Gasteiger partial charge >= 0.3 is 0 Å². The average molecular weight is 307 g/mol. The van der Waals surface area contributed by atoms with Gasteiger partial charge in [-0.3, -0.25) is 9.59 Å². The molecule has 0 saturated carbocycles. The first kappa shape index (κ1) is 15.0. The van der Waals surface area contributed by atoms with Crippen molar-refractivity contribution in [2.24, 2.45) is 0 Å². The number of rotatable bonds is 6. The molecule has 5 heteroatoms. The van der Waals surface area contributed by atoms with Crippen LogP contribution in [0.3, 0.4) is 0 Å². The molecule has 0 atom stereocenters. The molecule has 0 fully saturated rings. The van der Waals surface area contributed by atoms with E-state index in [0.717, 1.165) is 11.0 Å². The van der Waals surface area contributed by atoms with Crippen LogP contribution in [0.5, 0.6) is 0 Å². The van der Waals surface area contributed by atoms with Crippen LogP contribution in [0.25, 0.3) is 11.0 Å². The third-order valence-corrected chi connectivity index (χ3v) is 3.57. The number of Topliss-reactive ketones (excluding diaryl/α,β-unsaturated/α-hetero) is 1. The number of carbonyl (C=O) groups excluding carboxylic acids is 2. The molecule has 0 aliphatic heterocycles. The molecule has 0 radical (unpaired) electrons. The van der Waals surface area contributed by atoms with Crippen LogP contribution >= 0.6 is 0 Å². The quantitative estimate of drug-likeness (QED) is 0.688. The normalized spacial score (nSPS) is 10.6. The van der Waals surface area contributed by atoms with Crippen LogP contribution in [0.1, 0.15) is 29.0 Å². The summed E-state index contributed by atoms with van der Waals surface area (Å²) in [4.78, 5) is 31.3. The number of aromatic amines is 1. The fraction of sp³-hybridized carbons (Fsp3) is 0.167. The van der Waals surface area contributed by atoms with Gasteiger partial charge in [0.1, 0.15) is 5.82 Å².